The first-order valence-electron chi connectivity index (χ1n) is 7.11. The Morgan fingerprint density at radius 2 is 2.00 bits per heavy atom. The summed E-state index contributed by atoms with van der Waals surface area (Å²) in [5.74, 6) is -0.129. The van der Waals surface area contributed by atoms with Gasteiger partial charge in [-0.25, -0.2) is 0 Å². The molecule has 0 heterocycles. The monoisotopic (exact) mass is 302 g/mol. The van der Waals surface area contributed by atoms with Crippen LogP contribution in [-0.4, -0.2) is 16.5 Å². The van der Waals surface area contributed by atoms with Gasteiger partial charge in [0.25, 0.3) is 5.69 Å². The topological polar surface area (TPSA) is 96.6 Å². The first-order chi connectivity index (χ1) is 10.6. The van der Waals surface area contributed by atoms with Crippen molar-refractivity contribution in [3.63, 3.8) is 0 Å². The molecule has 0 bridgehead atoms. The molecular weight excluding hydrogens is 284 g/mol. The van der Waals surface area contributed by atoms with Crippen LogP contribution in [0.3, 0.4) is 0 Å². The minimum absolute atomic E-state index is 0.0338. The van der Waals surface area contributed by atoms with Crippen LogP contribution in [0.4, 0.5) is 11.4 Å². The number of carbonyl (C=O) groups is 1. The van der Waals surface area contributed by atoms with Gasteiger partial charge in [-0.3, -0.25) is 20.3 Å². The number of nitrogens with zero attached hydrogens (tertiary/aromatic N) is 2. The number of rotatable bonds is 4. The average molecular weight is 302 g/mol. The minimum Gasteiger partial charge on any atom is -0.325 e. The van der Waals surface area contributed by atoms with Crippen LogP contribution in [0, 0.1) is 10.1 Å². The lowest BCUT2D eigenvalue weighted by Gasteiger charge is -2.10. The third kappa shape index (κ3) is 4.41. The molecule has 0 aliphatic heterocycles. The second-order valence-corrected chi connectivity index (χ2v) is 5.02. The highest BCUT2D eigenvalue weighted by Gasteiger charge is 2.12. The zero-order valence-electron chi connectivity index (χ0n) is 12.3. The minimum atomic E-state index is -0.446. The summed E-state index contributed by atoms with van der Waals surface area (Å²) in [5, 5.41) is 17.7. The van der Waals surface area contributed by atoms with Gasteiger partial charge in [-0.15, -0.1) is 0 Å². The van der Waals surface area contributed by atoms with Gasteiger partial charge in [-0.1, -0.05) is 6.08 Å². The van der Waals surface area contributed by atoms with E-state index in [1.807, 2.05) is 6.08 Å². The number of anilines is 1. The van der Waals surface area contributed by atoms with Gasteiger partial charge in [0.15, 0.2) is 0 Å². The van der Waals surface area contributed by atoms with Crippen molar-refractivity contribution >= 4 is 23.0 Å². The predicted molar refractivity (Wildman–Crippen MR) is 84.5 cm³/mol. The summed E-state index contributed by atoms with van der Waals surface area (Å²) in [7, 11) is 0. The van der Waals surface area contributed by atoms with Gasteiger partial charge >= 0.3 is 0 Å². The van der Waals surface area contributed by atoms with Crippen molar-refractivity contribution < 1.29 is 9.72 Å². The molecule has 0 aromatic heterocycles. The number of amides is 1. The Labute approximate surface area is 128 Å². The Hall–Kier alpha value is -2.70. The zero-order valence-corrected chi connectivity index (χ0v) is 12.3. The van der Waals surface area contributed by atoms with Crippen molar-refractivity contribution in [3.05, 3.63) is 46.2 Å². The third-order valence-electron chi connectivity index (χ3n) is 3.24. The van der Waals surface area contributed by atoms with Crippen LogP contribution < -0.4 is 10.7 Å². The maximum absolute atomic E-state index is 11.3. The molecule has 0 fully saturated rings. The molecule has 0 unspecified atom stereocenters. The Kier molecular flexibility index (Phi) is 5.24. The first-order valence-corrected chi connectivity index (χ1v) is 7.11. The van der Waals surface area contributed by atoms with Crippen molar-refractivity contribution in [2.75, 3.05) is 5.43 Å². The fraction of sp³-hybridized carbons (Fsp3) is 0.333. The second-order valence-electron chi connectivity index (χ2n) is 5.02. The number of hydrazone groups is 1. The highest BCUT2D eigenvalue weighted by Crippen LogP contribution is 2.17. The lowest BCUT2D eigenvalue weighted by Crippen LogP contribution is -2.25. The largest absolute Gasteiger partial charge is 0.325 e. The summed E-state index contributed by atoms with van der Waals surface area (Å²) >= 11 is 0. The molecule has 0 atom stereocenters. The van der Waals surface area contributed by atoms with E-state index in [0.717, 1.165) is 37.1 Å². The van der Waals surface area contributed by atoms with E-state index in [9.17, 15) is 14.9 Å². The Morgan fingerprint density at radius 1 is 1.27 bits per heavy atom. The van der Waals surface area contributed by atoms with E-state index < -0.39 is 4.92 Å². The van der Waals surface area contributed by atoms with E-state index >= 15 is 0 Å². The number of hydrogen-bond acceptors (Lipinski definition) is 5. The van der Waals surface area contributed by atoms with E-state index in [-0.39, 0.29) is 11.6 Å². The van der Waals surface area contributed by atoms with Crippen molar-refractivity contribution in [1.82, 2.24) is 5.32 Å². The molecule has 7 heteroatoms. The van der Waals surface area contributed by atoms with Crippen molar-refractivity contribution in [1.29, 1.82) is 0 Å². The molecule has 0 radical (unpaired) electrons. The van der Waals surface area contributed by atoms with Gasteiger partial charge in [-0.05, 0) is 37.8 Å². The molecule has 2 N–H and O–H groups in total. The number of nitrogens with one attached hydrogen (secondary N) is 2. The molecule has 1 amide bonds. The Morgan fingerprint density at radius 3 is 2.64 bits per heavy atom. The molecule has 2 rings (SSSR count). The molecule has 1 aromatic rings. The Bertz CT molecular complexity index is 620. The number of hydrogen-bond donors (Lipinski definition) is 2. The van der Waals surface area contributed by atoms with Gasteiger partial charge in [0.1, 0.15) is 0 Å². The average Bonchev–Trinajstić information content (AvgIpc) is 2.70. The molecule has 0 spiro atoms. The van der Waals surface area contributed by atoms with E-state index in [0.29, 0.717) is 5.69 Å². The lowest BCUT2D eigenvalue weighted by atomic mass is 10.2. The molecule has 7 nitrogen and oxygen atoms in total. The zero-order chi connectivity index (χ0) is 15.9. The third-order valence-corrected chi connectivity index (χ3v) is 3.24. The fourth-order valence-electron chi connectivity index (χ4n) is 2.15. The van der Waals surface area contributed by atoms with Crippen LogP contribution >= 0.6 is 0 Å². The number of benzene rings is 1. The molecule has 1 aliphatic carbocycles. The highest BCUT2D eigenvalue weighted by molar-refractivity contribution is 6.03. The summed E-state index contributed by atoms with van der Waals surface area (Å²) in [4.78, 5) is 21.4. The van der Waals surface area contributed by atoms with Crippen molar-refractivity contribution in [2.24, 2.45) is 5.10 Å². The summed E-state index contributed by atoms with van der Waals surface area (Å²) in [5.41, 5.74) is 5.09. The number of non-ortho nitro benzene ring substituents is 1. The molecule has 1 aromatic carbocycles. The normalized spacial score (nSPS) is 16.6. The summed E-state index contributed by atoms with van der Waals surface area (Å²) in [6.07, 6.45) is 5.71. The molecule has 22 heavy (non-hydrogen) atoms. The Balaban J connectivity index is 2.11. The molecule has 0 saturated carbocycles. The van der Waals surface area contributed by atoms with Gasteiger partial charge in [0.05, 0.1) is 22.0 Å². The van der Waals surface area contributed by atoms with Crippen LogP contribution in [0.15, 0.2) is 41.1 Å². The van der Waals surface area contributed by atoms with E-state index in [1.54, 1.807) is 12.1 Å². The van der Waals surface area contributed by atoms with Gasteiger partial charge in [0.2, 0.25) is 5.91 Å². The van der Waals surface area contributed by atoms with Crippen LogP contribution in [-0.2, 0) is 4.79 Å². The number of allylic oxidation sites excluding steroid dienone is 2. The van der Waals surface area contributed by atoms with Gasteiger partial charge < -0.3 is 5.32 Å². The molecule has 1 aliphatic rings. The molecule has 0 saturated heterocycles. The van der Waals surface area contributed by atoms with Gasteiger partial charge in [0, 0.05) is 19.1 Å². The highest BCUT2D eigenvalue weighted by atomic mass is 16.6. The van der Waals surface area contributed by atoms with E-state index in [4.69, 9.17) is 0 Å². The number of nitro groups is 1. The standard InChI is InChI=1S/C15H18N4O3/c1-11(20)16-14-5-3-2-4-6-15(14)18-17-12-7-9-13(10-8-12)19(21)22/h5,7-10,17H,2-4,6H2,1H3,(H,16,20). The molecule has 116 valence electrons. The quantitative estimate of drug-likeness (QED) is 0.660. The number of carbonyl (C=O) groups excluding carboxylic acids is 1. The smallest absolute Gasteiger partial charge is 0.269 e. The lowest BCUT2D eigenvalue weighted by molar-refractivity contribution is -0.384. The van der Waals surface area contributed by atoms with E-state index in [2.05, 4.69) is 15.8 Å². The van der Waals surface area contributed by atoms with Crippen molar-refractivity contribution in [2.45, 2.75) is 32.6 Å². The van der Waals surface area contributed by atoms with Crippen LogP contribution in [0.25, 0.3) is 0 Å². The fourth-order valence-corrected chi connectivity index (χ4v) is 2.15. The number of nitro benzene ring substituents is 1. The van der Waals surface area contributed by atoms with Gasteiger partial charge in [-0.2, -0.15) is 5.10 Å². The SMILES string of the molecule is CC(=O)NC1=CCCCCC1=NNc1ccc([N+](=O)[O-])cc1. The predicted octanol–water partition coefficient (Wildman–Crippen LogP) is 2.96. The summed E-state index contributed by atoms with van der Waals surface area (Å²) < 4.78 is 0. The second kappa shape index (κ2) is 7.35. The maximum atomic E-state index is 11.3. The summed E-state index contributed by atoms with van der Waals surface area (Å²) in [6, 6.07) is 6.03. The maximum Gasteiger partial charge on any atom is 0.269 e. The van der Waals surface area contributed by atoms with Crippen LogP contribution in [0.5, 0.6) is 0 Å². The van der Waals surface area contributed by atoms with Crippen LogP contribution in [0.2, 0.25) is 0 Å². The van der Waals surface area contributed by atoms with E-state index in [1.165, 1.54) is 19.1 Å². The van der Waals surface area contributed by atoms with Crippen LogP contribution in [0.1, 0.15) is 32.6 Å². The first kappa shape index (κ1) is 15.7. The van der Waals surface area contributed by atoms with Crippen molar-refractivity contribution in [3.8, 4) is 0 Å². The summed E-state index contributed by atoms with van der Waals surface area (Å²) in [6.45, 7) is 1.47. The molecular formula is C15H18N4O3.